The molecule has 0 rings (SSSR count). The van der Waals surface area contributed by atoms with E-state index in [0.717, 1.165) is 6.42 Å². The lowest BCUT2D eigenvalue weighted by atomic mass is 10.2. The Balaban J connectivity index is 3.71. The molecule has 0 aliphatic heterocycles. The summed E-state index contributed by atoms with van der Waals surface area (Å²) in [6, 6.07) is -0.479. The van der Waals surface area contributed by atoms with Crippen molar-refractivity contribution in [3.8, 4) is 0 Å². The second-order valence-corrected chi connectivity index (χ2v) is 5.15. The van der Waals surface area contributed by atoms with E-state index in [2.05, 4.69) is 5.32 Å². The molecule has 0 aromatic rings. The Labute approximate surface area is 87.5 Å². The zero-order valence-electron chi connectivity index (χ0n) is 8.95. The van der Waals surface area contributed by atoms with Crippen molar-refractivity contribution in [2.45, 2.75) is 38.0 Å². The van der Waals surface area contributed by atoms with Crippen LogP contribution in [0.3, 0.4) is 0 Å². The molecule has 84 valence electrons. The van der Waals surface area contributed by atoms with Crippen LogP contribution < -0.4 is 5.32 Å². The molecule has 0 aromatic heterocycles. The van der Waals surface area contributed by atoms with Crippen LogP contribution in [0.2, 0.25) is 0 Å². The number of rotatable bonds is 7. The fourth-order valence-corrected chi connectivity index (χ4v) is 1.48. The standard InChI is InChI=1S/C9H19NO3S/c1-4-8(9(11)12)10-6-5-7(2)14(3)13/h7-8,10H,4-6H2,1-3H3,(H,11,12). The first-order valence-corrected chi connectivity index (χ1v) is 6.39. The second kappa shape index (κ2) is 6.95. The third-order valence-electron chi connectivity index (χ3n) is 2.21. The predicted molar refractivity (Wildman–Crippen MR) is 57.9 cm³/mol. The second-order valence-electron chi connectivity index (χ2n) is 3.35. The summed E-state index contributed by atoms with van der Waals surface area (Å²) in [7, 11) is -0.825. The first-order chi connectivity index (χ1) is 6.49. The minimum absolute atomic E-state index is 0.119. The average molecular weight is 221 g/mol. The van der Waals surface area contributed by atoms with Crippen molar-refractivity contribution in [3.63, 3.8) is 0 Å². The van der Waals surface area contributed by atoms with Crippen molar-refractivity contribution in [3.05, 3.63) is 0 Å². The van der Waals surface area contributed by atoms with Crippen molar-refractivity contribution >= 4 is 16.8 Å². The molecule has 0 aromatic carbocycles. The highest BCUT2D eigenvalue weighted by atomic mass is 32.2. The Bertz CT molecular complexity index is 208. The summed E-state index contributed by atoms with van der Waals surface area (Å²) >= 11 is 0. The number of carboxylic acid groups (broad SMARTS) is 1. The fraction of sp³-hybridized carbons (Fsp3) is 0.889. The van der Waals surface area contributed by atoms with Gasteiger partial charge in [0.15, 0.2) is 0 Å². The number of aliphatic carboxylic acids is 1. The summed E-state index contributed by atoms with van der Waals surface area (Å²) in [6.45, 7) is 4.33. The van der Waals surface area contributed by atoms with Crippen molar-refractivity contribution in [2.75, 3.05) is 12.8 Å². The molecule has 0 amide bonds. The molecule has 0 saturated carbocycles. The highest BCUT2D eigenvalue weighted by Crippen LogP contribution is 1.98. The van der Waals surface area contributed by atoms with Gasteiger partial charge in [0, 0.05) is 22.3 Å². The molecule has 0 spiro atoms. The Morgan fingerprint density at radius 1 is 1.57 bits per heavy atom. The highest BCUT2D eigenvalue weighted by Gasteiger charge is 2.14. The minimum Gasteiger partial charge on any atom is -0.480 e. The molecule has 0 radical (unpaired) electrons. The molecule has 2 N–H and O–H groups in total. The third kappa shape index (κ3) is 5.34. The van der Waals surface area contributed by atoms with Gasteiger partial charge in [-0.15, -0.1) is 0 Å². The van der Waals surface area contributed by atoms with E-state index < -0.39 is 22.8 Å². The fourth-order valence-electron chi connectivity index (χ4n) is 1.03. The van der Waals surface area contributed by atoms with Crippen LogP contribution in [-0.4, -0.2) is 39.4 Å². The van der Waals surface area contributed by atoms with Crippen molar-refractivity contribution in [2.24, 2.45) is 0 Å². The van der Waals surface area contributed by atoms with Crippen LogP contribution in [0.25, 0.3) is 0 Å². The Hall–Kier alpha value is -0.420. The predicted octanol–water partition coefficient (Wildman–Crippen LogP) is 0.596. The topological polar surface area (TPSA) is 66.4 Å². The maximum Gasteiger partial charge on any atom is 0.320 e. The zero-order chi connectivity index (χ0) is 11.1. The lowest BCUT2D eigenvalue weighted by molar-refractivity contribution is -0.139. The van der Waals surface area contributed by atoms with Crippen LogP contribution in [0.4, 0.5) is 0 Å². The molecule has 5 heteroatoms. The first-order valence-electron chi connectivity index (χ1n) is 4.77. The monoisotopic (exact) mass is 221 g/mol. The van der Waals surface area contributed by atoms with Crippen LogP contribution in [0.1, 0.15) is 26.7 Å². The van der Waals surface area contributed by atoms with E-state index in [1.807, 2.05) is 13.8 Å². The summed E-state index contributed by atoms with van der Waals surface area (Å²) in [5.74, 6) is -0.822. The van der Waals surface area contributed by atoms with Gasteiger partial charge in [0.1, 0.15) is 6.04 Å². The summed E-state index contributed by atoms with van der Waals surface area (Å²) < 4.78 is 11.0. The normalized spacial score (nSPS) is 17.4. The van der Waals surface area contributed by atoms with Crippen molar-refractivity contribution < 1.29 is 14.1 Å². The van der Waals surface area contributed by atoms with E-state index in [-0.39, 0.29) is 5.25 Å². The molecule has 14 heavy (non-hydrogen) atoms. The van der Waals surface area contributed by atoms with Gasteiger partial charge in [-0.1, -0.05) is 13.8 Å². The van der Waals surface area contributed by atoms with E-state index in [4.69, 9.17) is 5.11 Å². The van der Waals surface area contributed by atoms with Gasteiger partial charge in [0.05, 0.1) is 0 Å². The third-order valence-corrected chi connectivity index (χ3v) is 3.58. The minimum atomic E-state index is -0.825. The molecule has 0 heterocycles. The summed E-state index contributed by atoms with van der Waals surface area (Å²) in [6.07, 6.45) is 2.98. The van der Waals surface area contributed by atoms with Crippen LogP contribution in [0, 0.1) is 0 Å². The molecular formula is C9H19NO3S. The molecule has 3 atom stereocenters. The summed E-state index contributed by atoms with van der Waals surface area (Å²) in [5.41, 5.74) is 0. The van der Waals surface area contributed by atoms with Crippen LogP contribution in [0.5, 0.6) is 0 Å². The largest absolute Gasteiger partial charge is 0.480 e. The van der Waals surface area contributed by atoms with E-state index in [0.29, 0.717) is 13.0 Å². The lowest BCUT2D eigenvalue weighted by Crippen LogP contribution is -2.37. The maximum atomic E-state index is 11.0. The molecular weight excluding hydrogens is 202 g/mol. The molecule has 0 bridgehead atoms. The Morgan fingerprint density at radius 3 is 2.50 bits per heavy atom. The van der Waals surface area contributed by atoms with Crippen LogP contribution in [-0.2, 0) is 15.6 Å². The first kappa shape index (κ1) is 13.6. The zero-order valence-corrected chi connectivity index (χ0v) is 9.76. The van der Waals surface area contributed by atoms with Gasteiger partial charge in [-0.2, -0.15) is 0 Å². The maximum absolute atomic E-state index is 11.0. The van der Waals surface area contributed by atoms with Crippen LogP contribution in [0.15, 0.2) is 0 Å². The molecule has 3 unspecified atom stereocenters. The highest BCUT2D eigenvalue weighted by molar-refractivity contribution is 7.84. The van der Waals surface area contributed by atoms with Crippen molar-refractivity contribution in [1.29, 1.82) is 0 Å². The summed E-state index contributed by atoms with van der Waals surface area (Å²) in [5, 5.41) is 11.8. The molecule has 0 aliphatic carbocycles. The van der Waals surface area contributed by atoms with E-state index in [1.165, 1.54) is 0 Å². The number of hydrogen-bond donors (Lipinski definition) is 2. The van der Waals surface area contributed by atoms with E-state index in [1.54, 1.807) is 6.26 Å². The average Bonchev–Trinajstić information content (AvgIpc) is 2.11. The van der Waals surface area contributed by atoms with Crippen molar-refractivity contribution in [1.82, 2.24) is 5.32 Å². The van der Waals surface area contributed by atoms with Gasteiger partial charge in [0.2, 0.25) is 0 Å². The lowest BCUT2D eigenvalue weighted by Gasteiger charge is -2.13. The SMILES string of the molecule is CCC(NCCC(C)S(C)=O)C(=O)O. The Morgan fingerprint density at radius 2 is 2.14 bits per heavy atom. The van der Waals surface area contributed by atoms with Crippen LogP contribution >= 0.6 is 0 Å². The molecule has 0 aliphatic rings. The molecule has 0 fully saturated rings. The number of nitrogens with one attached hydrogen (secondary N) is 1. The van der Waals surface area contributed by atoms with Gasteiger partial charge in [-0.05, 0) is 19.4 Å². The Kier molecular flexibility index (Phi) is 6.74. The smallest absolute Gasteiger partial charge is 0.320 e. The quantitative estimate of drug-likeness (QED) is 0.660. The van der Waals surface area contributed by atoms with E-state index in [9.17, 15) is 9.00 Å². The molecule has 4 nitrogen and oxygen atoms in total. The number of carbonyl (C=O) groups is 1. The van der Waals surface area contributed by atoms with E-state index >= 15 is 0 Å². The van der Waals surface area contributed by atoms with Gasteiger partial charge in [0.25, 0.3) is 0 Å². The number of hydrogen-bond acceptors (Lipinski definition) is 3. The summed E-state index contributed by atoms with van der Waals surface area (Å²) in [4.78, 5) is 10.6. The van der Waals surface area contributed by atoms with Gasteiger partial charge < -0.3 is 10.4 Å². The molecule has 0 saturated heterocycles. The van der Waals surface area contributed by atoms with Gasteiger partial charge >= 0.3 is 5.97 Å². The number of carboxylic acids is 1. The van der Waals surface area contributed by atoms with Gasteiger partial charge in [-0.25, -0.2) is 0 Å². The van der Waals surface area contributed by atoms with Gasteiger partial charge in [-0.3, -0.25) is 9.00 Å².